The highest BCUT2D eigenvalue weighted by molar-refractivity contribution is 5.89. The van der Waals surface area contributed by atoms with Gasteiger partial charge in [-0.25, -0.2) is 0 Å². The molecule has 0 amide bonds. The largest absolute Gasteiger partial charge is 0.469 e. The molecule has 0 saturated carbocycles. The second-order valence-corrected chi connectivity index (χ2v) is 4.92. The zero-order valence-corrected chi connectivity index (χ0v) is 14.0. The molecule has 0 spiro atoms. The number of unbranched alkanes of at least 4 members (excludes halogenated alkanes) is 2. The van der Waals surface area contributed by atoms with Gasteiger partial charge < -0.3 is 4.74 Å². The molecule has 23 heavy (non-hydrogen) atoms. The van der Waals surface area contributed by atoms with Crippen molar-refractivity contribution in [1.29, 1.82) is 0 Å². The highest BCUT2D eigenvalue weighted by atomic mass is 16.5. The van der Waals surface area contributed by atoms with E-state index in [0.29, 0.717) is 24.8 Å². The molecule has 0 N–H and O–H groups in total. The van der Waals surface area contributed by atoms with Crippen molar-refractivity contribution in [2.45, 2.75) is 45.4 Å². The molecule has 126 valence electrons. The van der Waals surface area contributed by atoms with Gasteiger partial charge in [0, 0.05) is 12.8 Å². The van der Waals surface area contributed by atoms with Crippen molar-refractivity contribution < 1.29 is 19.1 Å². The van der Waals surface area contributed by atoms with E-state index < -0.39 is 0 Å². The summed E-state index contributed by atoms with van der Waals surface area (Å²) >= 11 is 0. The third kappa shape index (κ3) is 13.2. The molecule has 0 aromatic rings. The number of hydrogen-bond acceptors (Lipinski definition) is 4. The molecule has 0 aromatic carbocycles. The Morgan fingerprint density at radius 2 is 1.83 bits per heavy atom. The summed E-state index contributed by atoms with van der Waals surface area (Å²) in [5.74, 6) is -0.106. The van der Waals surface area contributed by atoms with Crippen LogP contribution in [0, 0.1) is 0 Å². The van der Waals surface area contributed by atoms with Crippen LogP contribution in [0.1, 0.15) is 45.4 Å². The first-order valence-electron chi connectivity index (χ1n) is 7.87. The molecule has 0 aliphatic rings. The number of ether oxygens (including phenoxy) is 1. The van der Waals surface area contributed by atoms with Crippen LogP contribution in [-0.4, -0.2) is 25.1 Å². The second kappa shape index (κ2) is 14.7. The highest BCUT2D eigenvalue weighted by Gasteiger charge is 1.97. The average Bonchev–Trinajstić information content (AvgIpc) is 2.57. The fourth-order valence-corrected chi connectivity index (χ4v) is 1.65. The number of esters is 1. The maximum absolute atomic E-state index is 11.0. The molecule has 0 unspecified atom stereocenters. The van der Waals surface area contributed by atoms with Crippen LogP contribution in [0.25, 0.3) is 0 Å². The van der Waals surface area contributed by atoms with Gasteiger partial charge in [0.1, 0.15) is 6.29 Å². The highest BCUT2D eigenvalue weighted by Crippen LogP contribution is 2.05. The molecule has 0 aliphatic carbocycles. The molecular weight excluding hydrogens is 292 g/mol. The minimum atomic E-state index is -0.179. The number of ketones is 1. The lowest BCUT2D eigenvalue weighted by molar-refractivity contribution is -0.140. The molecule has 0 bridgehead atoms. The first kappa shape index (κ1) is 20.8. The third-order valence-corrected chi connectivity index (χ3v) is 3.06. The Bertz CT molecular complexity index is 482. The molecule has 0 heterocycles. The van der Waals surface area contributed by atoms with E-state index in [1.165, 1.54) is 13.2 Å². The summed E-state index contributed by atoms with van der Waals surface area (Å²) in [7, 11) is 1.39. The van der Waals surface area contributed by atoms with Crippen LogP contribution in [0.5, 0.6) is 0 Å². The smallest absolute Gasteiger partial charge is 0.305 e. The molecule has 4 nitrogen and oxygen atoms in total. The van der Waals surface area contributed by atoms with E-state index >= 15 is 0 Å². The van der Waals surface area contributed by atoms with Crippen molar-refractivity contribution in [1.82, 2.24) is 0 Å². The van der Waals surface area contributed by atoms with Gasteiger partial charge in [0.15, 0.2) is 5.78 Å². The van der Waals surface area contributed by atoms with Crippen LogP contribution < -0.4 is 0 Å². The fourth-order valence-electron chi connectivity index (χ4n) is 1.65. The van der Waals surface area contributed by atoms with E-state index in [9.17, 15) is 14.4 Å². The molecule has 4 heteroatoms. The van der Waals surface area contributed by atoms with Crippen LogP contribution in [0.4, 0.5) is 0 Å². The lowest BCUT2D eigenvalue weighted by Gasteiger charge is -1.97. The maximum atomic E-state index is 11.0. The lowest BCUT2D eigenvalue weighted by Crippen LogP contribution is -1.98. The van der Waals surface area contributed by atoms with Gasteiger partial charge in [0.2, 0.25) is 0 Å². The predicted molar refractivity (Wildman–Crippen MR) is 92.0 cm³/mol. The van der Waals surface area contributed by atoms with Gasteiger partial charge in [0.25, 0.3) is 0 Å². The minimum Gasteiger partial charge on any atom is -0.469 e. The number of hydrogen-bond donors (Lipinski definition) is 0. The second-order valence-electron chi connectivity index (χ2n) is 4.92. The Labute approximate surface area is 138 Å². The van der Waals surface area contributed by atoms with E-state index in [-0.39, 0.29) is 11.8 Å². The van der Waals surface area contributed by atoms with Gasteiger partial charge in [-0.1, -0.05) is 43.4 Å². The van der Waals surface area contributed by atoms with E-state index in [1.54, 1.807) is 24.3 Å². The van der Waals surface area contributed by atoms with Gasteiger partial charge >= 0.3 is 5.97 Å². The average molecular weight is 318 g/mol. The van der Waals surface area contributed by atoms with Crippen LogP contribution in [-0.2, 0) is 19.1 Å². The van der Waals surface area contributed by atoms with Gasteiger partial charge in [-0.2, -0.15) is 0 Å². The summed E-state index contributed by atoms with van der Waals surface area (Å²) in [6.45, 7) is 1.81. The molecule has 0 aromatic heterocycles. The van der Waals surface area contributed by atoms with Crippen LogP contribution in [0.3, 0.4) is 0 Å². The Hall–Kier alpha value is -2.23. The van der Waals surface area contributed by atoms with Gasteiger partial charge in [-0.05, 0) is 37.3 Å². The van der Waals surface area contributed by atoms with Gasteiger partial charge in [-0.15, -0.1) is 0 Å². The molecule has 0 rings (SSSR count). The normalized spacial score (nSPS) is 12.3. The van der Waals surface area contributed by atoms with Crippen molar-refractivity contribution in [2.75, 3.05) is 7.11 Å². The number of carbonyl (C=O) groups excluding carboxylic acids is 3. The lowest BCUT2D eigenvalue weighted by atomic mass is 10.1. The van der Waals surface area contributed by atoms with E-state index in [2.05, 4.69) is 4.74 Å². The Morgan fingerprint density at radius 1 is 1.04 bits per heavy atom. The molecule has 0 aliphatic heterocycles. The first-order valence-corrected chi connectivity index (χ1v) is 7.87. The summed E-state index contributed by atoms with van der Waals surface area (Å²) in [6, 6.07) is 0. The Balaban J connectivity index is 4.02. The van der Waals surface area contributed by atoms with Crippen molar-refractivity contribution in [3.63, 3.8) is 0 Å². The van der Waals surface area contributed by atoms with Gasteiger partial charge in [0.05, 0.1) is 7.11 Å². The maximum Gasteiger partial charge on any atom is 0.305 e. The van der Waals surface area contributed by atoms with Crippen molar-refractivity contribution in [2.24, 2.45) is 0 Å². The van der Waals surface area contributed by atoms with Crippen molar-refractivity contribution >= 4 is 18.0 Å². The quantitative estimate of drug-likeness (QED) is 0.137. The number of allylic oxidation sites excluding steroid dienone is 8. The number of carbonyl (C=O) groups is 3. The molecule has 0 saturated heterocycles. The summed E-state index contributed by atoms with van der Waals surface area (Å²) in [4.78, 5) is 32.9. The molecule has 0 radical (unpaired) electrons. The van der Waals surface area contributed by atoms with Crippen LogP contribution in [0.2, 0.25) is 0 Å². The SMILES string of the molecule is CCC(=O)C=CC=CC=C(C=O)CC=CCCCCC(=O)OC. The van der Waals surface area contributed by atoms with Crippen LogP contribution >= 0.6 is 0 Å². The summed E-state index contributed by atoms with van der Waals surface area (Å²) in [5.41, 5.74) is 0.669. The zero-order chi connectivity index (χ0) is 17.3. The molecular formula is C19H26O4. The van der Waals surface area contributed by atoms with Gasteiger partial charge in [-0.3, -0.25) is 14.4 Å². The van der Waals surface area contributed by atoms with E-state index in [0.717, 1.165) is 25.5 Å². The number of rotatable bonds is 12. The summed E-state index contributed by atoms with van der Waals surface area (Å²) in [5, 5.41) is 0. The number of aldehydes is 1. The predicted octanol–water partition coefficient (Wildman–Crippen LogP) is 3.88. The molecule has 0 fully saturated rings. The monoisotopic (exact) mass is 318 g/mol. The zero-order valence-electron chi connectivity index (χ0n) is 14.0. The standard InChI is InChI=1S/C19H26O4/c1-3-18(21)14-10-7-9-13-17(16-20)12-8-5-4-6-11-15-19(22)23-2/h5,7-10,13-14,16H,3-4,6,11-12,15H2,1-2H3. The Morgan fingerprint density at radius 3 is 2.48 bits per heavy atom. The topological polar surface area (TPSA) is 60.4 Å². The van der Waals surface area contributed by atoms with Crippen molar-refractivity contribution in [3.8, 4) is 0 Å². The summed E-state index contributed by atoms with van der Waals surface area (Å²) in [6.07, 6.45) is 17.3. The van der Waals surface area contributed by atoms with E-state index in [1.807, 2.05) is 19.1 Å². The van der Waals surface area contributed by atoms with E-state index in [4.69, 9.17) is 0 Å². The summed E-state index contributed by atoms with van der Waals surface area (Å²) < 4.78 is 4.56. The Kier molecular flexibility index (Phi) is 13.3. The number of methoxy groups -OCH3 is 1. The third-order valence-electron chi connectivity index (χ3n) is 3.06. The first-order chi connectivity index (χ1) is 11.1. The minimum absolute atomic E-state index is 0.0735. The molecule has 0 atom stereocenters. The van der Waals surface area contributed by atoms with Crippen LogP contribution in [0.15, 0.2) is 48.1 Å². The fraction of sp³-hybridized carbons (Fsp3) is 0.421. The van der Waals surface area contributed by atoms with Crippen molar-refractivity contribution in [3.05, 3.63) is 48.1 Å².